The summed E-state index contributed by atoms with van der Waals surface area (Å²) >= 11 is 0. The van der Waals surface area contributed by atoms with E-state index in [1.165, 1.54) is 0 Å². The van der Waals surface area contributed by atoms with Gasteiger partial charge in [0.15, 0.2) is 0 Å². The maximum Gasteiger partial charge on any atom is 0.221 e. The van der Waals surface area contributed by atoms with E-state index in [9.17, 15) is 9.90 Å². The summed E-state index contributed by atoms with van der Waals surface area (Å²) in [5.74, 6) is 0.0997. The predicted molar refractivity (Wildman–Crippen MR) is 63.6 cm³/mol. The third-order valence-corrected chi connectivity index (χ3v) is 3.84. The van der Waals surface area contributed by atoms with Crippen LogP contribution in [0.1, 0.15) is 32.6 Å². The highest BCUT2D eigenvalue weighted by Crippen LogP contribution is 2.25. The average molecular weight is 242 g/mol. The fourth-order valence-corrected chi connectivity index (χ4v) is 2.47. The number of nitrogens with one attached hydrogen (secondary N) is 2. The molecule has 2 rings (SSSR count). The molecule has 0 saturated carbocycles. The summed E-state index contributed by atoms with van der Waals surface area (Å²) in [4.78, 5) is 11.4. The van der Waals surface area contributed by atoms with E-state index in [0.29, 0.717) is 26.0 Å². The number of aliphatic hydroxyl groups is 1. The van der Waals surface area contributed by atoms with E-state index in [1.807, 2.05) is 6.92 Å². The van der Waals surface area contributed by atoms with E-state index < -0.39 is 5.60 Å². The third kappa shape index (κ3) is 3.18. The molecule has 2 fully saturated rings. The monoisotopic (exact) mass is 242 g/mol. The van der Waals surface area contributed by atoms with Crippen molar-refractivity contribution >= 4 is 5.91 Å². The van der Waals surface area contributed by atoms with Gasteiger partial charge in [0.1, 0.15) is 5.60 Å². The number of amides is 1. The second kappa shape index (κ2) is 5.33. The quantitative estimate of drug-likeness (QED) is 0.640. The molecule has 0 spiro atoms. The van der Waals surface area contributed by atoms with Crippen LogP contribution in [0.2, 0.25) is 0 Å². The zero-order valence-corrected chi connectivity index (χ0v) is 10.4. The van der Waals surface area contributed by atoms with Gasteiger partial charge in [-0.2, -0.15) is 0 Å². The van der Waals surface area contributed by atoms with Crippen LogP contribution in [0.3, 0.4) is 0 Å². The SMILES string of the molecule is CC1OCCC1(O)CNC1CCCNC(=O)C1. The van der Waals surface area contributed by atoms with E-state index >= 15 is 0 Å². The fourth-order valence-electron chi connectivity index (χ4n) is 2.47. The van der Waals surface area contributed by atoms with Gasteiger partial charge in [0, 0.05) is 38.6 Å². The first-order chi connectivity index (χ1) is 8.10. The van der Waals surface area contributed by atoms with Crippen LogP contribution in [0, 0.1) is 0 Å². The molecule has 5 heteroatoms. The second-order valence-electron chi connectivity index (χ2n) is 5.14. The van der Waals surface area contributed by atoms with Gasteiger partial charge in [-0.25, -0.2) is 0 Å². The molecule has 3 N–H and O–H groups in total. The highest BCUT2D eigenvalue weighted by Gasteiger charge is 2.39. The van der Waals surface area contributed by atoms with Crippen molar-refractivity contribution < 1.29 is 14.6 Å². The molecule has 2 saturated heterocycles. The zero-order chi connectivity index (χ0) is 12.3. The van der Waals surface area contributed by atoms with Crippen molar-refractivity contribution in [3.8, 4) is 0 Å². The minimum atomic E-state index is -0.775. The van der Waals surface area contributed by atoms with Crippen molar-refractivity contribution in [3.63, 3.8) is 0 Å². The van der Waals surface area contributed by atoms with E-state index in [2.05, 4.69) is 10.6 Å². The van der Waals surface area contributed by atoms with Crippen LogP contribution < -0.4 is 10.6 Å². The van der Waals surface area contributed by atoms with E-state index in [4.69, 9.17) is 4.74 Å². The summed E-state index contributed by atoms with van der Waals surface area (Å²) in [6.45, 7) is 3.78. The Morgan fingerprint density at radius 1 is 1.65 bits per heavy atom. The number of hydrogen-bond donors (Lipinski definition) is 3. The van der Waals surface area contributed by atoms with Crippen LogP contribution in [-0.2, 0) is 9.53 Å². The second-order valence-corrected chi connectivity index (χ2v) is 5.14. The van der Waals surface area contributed by atoms with Gasteiger partial charge in [-0.1, -0.05) is 0 Å². The normalized spacial score (nSPS) is 38.8. The number of carbonyl (C=O) groups excluding carboxylic acids is 1. The molecule has 0 aromatic heterocycles. The third-order valence-electron chi connectivity index (χ3n) is 3.84. The Morgan fingerprint density at radius 2 is 2.47 bits per heavy atom. The molecule has 2 heterocycles. The Balaban J connectivity index is 1.82. The lowest BCUT2D eigenvalue weighted by Crippen LogP contribution is -2.49. The van der Waals surface area contributed by atoms with E-state index in [1.54, 1.807) is 0 Å². The zero-order valence-electron chi connectivity index (χ0n) is 10.4. The van der Waals surface area contributed by atoms with Crippen LogP contribution in [-0.4, -0.2) is 48.5 Å². The Bertz CT molecular complexity index is 285. The van der Waals surface area contributed by atoms with Crippen molar-refractivity contribution in [2.75, 3.05) is 19.7 Å². The molecule has 5 nitrogen and oxygen atoms in total. The Kier molecular flexibility index (Phi) is 4.01. The largest absolute Gasteiger partial charge is 0.386 e. The summed E-state index contributed by atoms with van der Waals surface area (Å²) in [6.07, 6.45) is 3.01. The van der Waals surface area contributed by atoms with E-state index in [0.717, 1.165) is 19.4 Å². The van der Waals surface area contributed by atoms with Crippen molar-refractivity contribution in [1.29, 1.82) is 0 Å². The van der Waals surface area contributed by atoms with Crippen molar-refractivity contribution in [1.82, 2.24) is 10.6 Å². The average Bonchev–Trinajstić information content (AvgIpc) is 2.51. The Morgan fingerprint density at radius 3 is 3.18 bits per heavy atom. The van der Waals surface area contributed by atoms with Crippen LogP contribution in [0.5, 0.6) is 0 Å². The highest BCUT2D eigenvalue weighted by atomic mass is 16.5. The molecule has 0 aromatic carbocycles. The Labute approximate surface area is 102 Å². The lowest BCUT2D eigenvalue weighted by atomic mass is 9.96. The molecule has 0 aromatic rings. The molecule has 0 radical (unpaired) electrons. The predicted octanol–water partition coefficient (Wildman–Crippen LogP) is -0.215. The van der Waals surface area contributed by atoms with Crippen LogP contribution >= 0.6 is 0 Å². The maximum atomic E-state index is 11.4. The van der Waals surface area contributed by atoms with Crippen LogP contribution in [0.15, 0.2) is 0 Å². The van der Waals surface area contributed by atoms with Gasteiger partial charge in [-0.15, -0.1) is 0 Å². The molecule has 3 atom stereocenters. The van der Waals surface area contributed by atoms with Crippen molar-refractivity contribution in [2.24, 2.45) is 0 Å². The number of carbonyl (C=O) groups is 1. The van der Waals surface area contributed by atoms with Gasteiger partial charge >= 0.3 is 0 Å². The molecular weight excluding hydrogens is 220 g/mol. The van der Waals surface area contributed by atoms with Crippen molar-refractivity contribution in [3.05, 3.63) is 0 Å². The molecule has 3 unspecified atom stereocenters. The van der Waals surface area contributed by atoms with Crippen LogP contribution in [0.25, 0.3) is 0 Å². The number of rotatable bonds is 3. The smallest absolute Gasteiger partial charge is 0.221 e. The van der Waals surface area contributed by atoms with Gasteiger partial charge in [-0.3, -0.25) is 4.79 Å². The standard InChI is InChI=1S/C12H22N2O3/c1-9-12(16,4-6-17-9)8-14-10-3-2-5-13-11(15)7-10/h9-10,14,16H,2-8H2,1H3,(H,13,15). The first-order valence-electron chi connectivity index (χ1n) is 6.44. The number of hydrogen-bond acceptors (Lipinski definition) is 4. The summed E-state index contributed by atoms with van der Waals surface area (Å²) < 4.78 is 5.38. The van der Waals surface area contributed by atoms with Gasteiger partial charge in [0.2, 0.25) is 5.91 Å². The topological polar surface area (TPSA) is 70.6 Å². The van der Waals surface area contributed by atoms with Crippen LogP contribution in [0.4, 0.5) is 0 Å². The first kappa shape index (κ1) is 12.8. The molecule has 1 amide bonds. The molecule has 0 aliphatic carbocycles. The van der Waals surface area contributed by atoms with Gasteiger partial charge in [-0.05, 0) is 19.8 Å². The minimum absolute atomic E-state index is 0.0997. The van der Waals surface area contributed by atoms with Crippen molar-refractivity contribution in [2.45, 2.75) is 50.4 Å². The molecule has 98 valence electrons. The highest BCUT2D eigenvalue weighted by molar-refractivity contribution is 5.76. The Hall–Kier alpha value is -0.650. The fraction of sp³-hybridized carbons (Fsp3) is 0.917. The van der Waals surface area contributed by atoms with Gasteiger partial charge in [0.05, 0.1) is 6.10 Å². The summed E-state index contributed by atoms with van der Waals surface area (Å²) in [5, 5.41) is 16.5. The maximum absolute atomic E-state index is 11.4. The molecule has 17 heavy (non-hydrogen) atoms. The minimum Gasteiger partial charge on any atom is -0.386 e. The van der Waals surface area contributed by atoms with Gasteiger partial charge < -0.3 is 20.5 Å². The lowest BCUT2D eigenvalue weighted by molar-refractivity contribution is -0.121. The molecule has 0 bridgehead atoms. The number of ether oxygens (including phenoxy) is 1. The first-order valence-corrected chi connectivity index (χ1v) is 6.44. The summed E-state index contributed by atoms with van der Waals surface area (Å²) in [6, 6.07) is 0.175. The molecule has 2 aliphatic rings. The summed E-state index contributed by atoms with van der Waals surface area (Å²) in [5.41, 5.74) is -0.775. The molecule has 2 aliphatic heterocycles. The molecular formula is C12H22N2O3. The van der Waals surface area contributed by atoms with E-state index in [-0.39, 0.29) is 18.1 Å². The lowest BCUT2D eigenvalue weighted by Gasteiger charge is -2.28. The summed E-state index contributed by atoms with van der Waals surface area (Å²) in [7, 11) is 0. The van der Waals surface area contributed by atoms with Gasteiger partial charge in [0.25, 0.3) is 0 Å².